The van der Waals surface area contributed by atoms with Gasteiger partial charge in [0, 0.05) is 18.9 Å². The number of rotatable bonds is 10. The number of esters is 2. The van der Waals surface area contributed by atoms with Crippen LogP contribution in [0.3, 0.4) is 0 Å². The molecule has 36 heavy (non-hydrogen) atoms. The number of carboxylic acids is 2. The zero-order valence-electron chi connectivity index (χ0n) is 19.5. The molecule has 1 saturated carbocycles. The van der Waals surface area contributed by atoms with Gasteiger partial charge in [0.25, 0.3) is 0 Å². The van der Waals surface area contributed by atoms with E-state index in [-0.39, 0.29) is 11.5 Å². The van der Waals surface area contributed by atoms with E-state index in [9.17, 15) is 44.7 Å². The minimum absolute atomic E-state index is 0.131. The summed E-state index contributed by atoms with van der Waals surface area (Å²) < 4.78 is 15.3. The van der Waals surface area contributed by atoms with Crippen LogP contribution < -0.4 is 4.74 Å². The molecule has 2 rings (SSSR count). The van der Waals surface area contributed by atoms with Crippen molar-refractivity contribution >= 4 is 30.0 Å². The van der Waals surface area contributed by atoms with Crippen molar-refractivity contribution in [1.29, 1.82) is 0 Å². The second-order valence-corrected chi connectivity index (χ2v) is 8.75. The molecule has 0 radical (unpaired) electrons. The Hall–Kier alpha value is -3.68. The molecule has 0 amide bonds. The Morgan fingerprint density at radius 2 is 1.81 bits per heavy atom. The molecule has 13 heteroatoms. The maximum Gasteiger partial charge on any atom is 0.335 e. The number of aromatic hydroxyl groups is 1. The van der Waals surface area contributed by atoms with Gasteiger partial charge in [0.2, 0.25) is 0 Å². The van der Waals surface area contributed by atoms with Crippen molar-refractivity contribution in [3.63, 3.8) is 0 Å². The average Bonchev–Trinajstić information content (AvgIpc) is 2.74. The number of aliphatic carboxylic acids is 2. The van der Waals surface area contributed by atoms with Gasteiger partial charge in [-0.1, -0.05) is 6.07 Å². The van der Waals surface area contributed by atoms with Gasteiger partial charge in [-0.3, -0.25) is 9.59 Å². The lowest BCUT2D eigenvalue weighted by atomic mass is 9.79. The lowest BCUT2D eigenvalue weighted by Crippen LogP contribution is -2.58. The number of phenols is 1. The molecule has 0 spiro atoms. The summed E-state index contributed by atoms with van der Waals surface area (Å²) in [5.41, 5.74) is -4.04. The number of aliphatic hydroxyl groups is 3. The Morgan fingerprint density at radius 3 is 2.39 bits per heavy atom. The van der Waals surface area contributed by atoms with Gasteiger partial charge in [-0.2, -0.15) is 0 Å². The fourth-order valence-corrected chi connectivity index (χ4v) is 3.72. The molecule has 1 fully saturated rings. The summed E-state index contributed by atoms with van der Waals surface area (Å²) in [7, 11) is 1.33. The third-order valence-corrected chi connectivity index (χ3v) is 5.44. The molecule has 1 aliphatic carbocycles. The van der Waals surface area contributed by atoms with E-state index >= 15 is 0 Å². The number of carboxylic acid groups (broad SMARTS) is 2. The number of carbonyl (C=O) groups excluding carboxylic acids is 2. The first-order valence-electron chi connectivity index (χ1n) is 10.7. The number of aliphatic hydroxyl groups excluding tert-OH is 1. The molecule has 5 atom stereocenters. The molecule has 0 aromatic heterocycles. The number of hydrogen-bond acceptors (Lipinski definition) is 11. The predicted octanol–water partition coefficient (Wildman–Crippen LogP) is -0.176. The molecule has 1 aromatic rings. The molecule has 0 saturated heterocycles. The average molecular weight is 512 g/mol. The quantitative estimate of drug-likeness (QED) is 0.177. The number of ether oxygens (including phenoxy) is 3. The van der Waals surface area contributed by atoms with E-state index in [1.165, 1.54) is 31.4 Å². The zero-order chi connectivity index (χ0) is 27.3. The van der Waals surface area contributed by atoms with Crippen LogP contribution in [0.25, 0.3) is 6.08 Å². The summed E-state index contributed by atoms with van der Waals surface area (Å²) in [6, 6.07) is 4.20. The van der Waals surface area contributed by atoms with Gasteiger partial charge in [0.1, 0.15) is 6.10 Å². The van der Waals surface area contributed by atoms with Crippen LogP contribution in [0.15, 0.2) is 24.3 Å². The van der Waals surface area contributed by atoms with Crippen LogP contribution in [-0.4, -0.2) is 91.1 Å². The van der Waals surface area contributed by atoms with E-state index in [0.717, 1.165) is 13.0 Å². The maximum absolute atomic E-state index is 12.4. The van der Waals surface area contributed by atoms with Crippen LogP contribution in [0.2, 0.25) is 0 Å². The number of phenolic OH excluding ortho intramolecular Hbond substituents is 1. The van der Waals surface area contributed by atoms with Gasteiger partial charge in [-0.25, -0.2) is 9.59 Å². The highest BCUT2D eigenvalue weighted by molar-refractivity contribution is 5.87. The third kappa shape index (κ3) is 7.66. The third-order valence-electron chi connectivity index (χ3n) is 5.44. The minimum Gasteiger partial charge on any atom is -0.504 e. The Morgan fingerprint density at radius 1 is 1.14 bits per heavy atom. The molecular weight excluding hydrogens is 484 g/mol. The van der Waals surface area contributed by atoms with E-state index in [0.29, 0.717) is 5.56 Å². The number of carbonyl (C=O) groups is 4. The van der Waals surface area contributed by atoms with Gasteiger partial charge in [-0.05, 0) is 30.7 Å². The Bertz CT molecular complexity index is 1030. The van der Waals surface area contributed by atoms with Gasteiger partial charge >= 0.3 is 23.9 Å². The molecule has 1 unspecified atom stereocenters. The number of benzene rings is 1. The lowest BCUT2D eigenvalue weighted by molar-refractivity contribution is -0.208. The van der Waals surface area contributed by atoms with E-state index in [1.54, 1.807) is 0 Å². The van der Waals surface area contributed by atoms with Crippen molar-refractivity contribution in [2.75, 3.05) is 7.11 Å². The van der Waals surface area contributed by atoms with Gasteiger partial charge in [0.05, 0.1) is 31.7 Å². The summed E-state index contributed by atoms with van der Waals surface area (Å²) in [4.78, 5) is 47.1. The van der Waals surface area contributed by atoms with Crippen molar-refractivity contribution in [3.05, 3.63) is 29.8 Å². The molecule has 6 N–H and O–H groups in total. The minimum atomic E-state index is -2.49. The molecule has 13 nitrogen and oxygen atoms in total. The molecule has 0 bridgehead atoms. The van der Waals surface area contributed by atoms with Crippen molar-refractivity contribution in [2.45, 2.75) is 62.1 Å². The van der Waals surface area contributed by atoms with Gasteiger partial charge < -0.3 is 44.8 Å². The summed E-state index contributed by atoms with van der Waals surface area (Å²) >= 11 is 0. The molecule has 1 aromatic carbocycles. The molecular formula is C23H28O13. The SMILES string of the molecule is COc1cc(/C=C/C(=O)O[C@@H]2C[C@@](O)(C(=O)O)C[C@@H](O)[C@@H]2OC(=O)CC(C)(O)CC(=O)O)ccc1O. The predicted molar refractivity (Wildman–Crippen MR) is 119 cm³/mol. The van der Waals surface area contributed by atoms with Crippen LogP contribution in [-0.2, 0) is 28.7 Å². The molecule has 198 valence electrons. The van der Waals surface area contributed by atoms with E-state index in [4.69, 9.17) is 19.3 Å². The normalized spacial score (nSPS) is 25.5. The summed E-state index contributed by atoms with van der Waals surface area (Å²) in [6.45, 7) is 1.09. The Balaban J connectivity index is 2.20. The number of methoxy groups -OCH3 is 1. The van der Waals surface area contributed by atoms with Crippen molar-refractivity contribution in [3.8, 4) is 11.5 Å². The Labute approximate surface area is 205 Å². The fraction of sp³-hybridized carbons (Fsp3) is 0.478. The second-order valence-electron chi connectivity index (χ2n) is 8.75. The highest BCUT2D eigenvalue weighted by Gasteiger charge is 2.52. The Kier molecular flexibility index (Phi) is 9.02. The standard InChI is InChI=1S/C23H28O13/c1-22(32,10-17(26)27)11-19(29)36-20-14(25)8-23(33,21(30)31)9-16(20)35-18(28)6-4-12-3-5-13(24)15(7-12)34-2/h3-7,14,16,20,24-25,32-33H,8-11H2,1-2H3,(H,26,27)(H,30,31)/b6-4+/t14-,16-,20+,22?,23-/m1/s1. The maximum atomic E-state index is 12.4. The number of hydrogen-bond donors (Lipinski definition) is 6. The topological polar surface area (TPSA) is 217 Å². The fourth-order valence-electron chi connectivity index (χ4n) is 3.72. The first kappa shape index (κ1) is 28.6. The summed E-state index contributed by atoms with van der Waals surface area (Å²) in [5.74, 6) is -5.23. The largest absolute Gasteiger partial charge is 0.504 e. The van der Waals surface area contributed by atoms with E-state index in [2.05, 4.69) is 0 Å². The van der Waals surface area contributed by atoms with Gasteiger partial charge in [-0.15, -0.1) is 0 Å². The van der Waals surface area contributed by atoms with Crippen LogP contribution in [0.1, 0.15) is 38.2 Å². The first-order valence-corrected chi connectivity index (χ1v) is 10.7. The van der Waals surface area contributed by atoms with Crippen LogP contribution in [0.5, 0.6) is 11.5 Å². The summed E-state index contributed by atoms with van der Waals surface area (Å²) in [6.07, 6.45) is -5.78. The van der Waals surface area contributed by atoms with Crippen molar-refractivity contribution in [1.82, 2.24) is 0 Å². The highest BCUT2D eigenvalue weighted by Crippen LogP contribution is 2.34. The van der Waals surface area contributed by atoms with Crippen LogP contribution in [0, 0.1) is 0 Å². The molecule has 0 heterocycles. The van der Waals surface area contributed by atoms with E-state index < -0.39 is 79.1 Å². The smallest absolute Gasteiger partial charge is 0.335 e. The van der Waals surface area contributed by atoms with E-state index in [1.807, 2.05) is 0 Å². The zero-order valence-corrected chi connectivity index (χ0v) is 19.5. The second kappa shape index (κ2) is 11.4. The molecule has 1 aliphatic rings. The van der Waals surface area contributed by atoms with Crippen molar-refractivity contribution < 1.29 is 64.0 Å². The first-order chi connectivity index (χ1) is 16.7. The lowest BCUT2D eigenvalue weighted by Gasteiger charge is -2.41. The van der Waals surface area contributed by atoms with Crippen molar-refractivity contribution in [2.24, 2.45) is 0 Å². The van der Waals surface area contributed by atoms with Crippen LogP contribution >= 0.6 is 0 Å². The highest BCUT2D eigenvalue weighted by atomic mass is 16.6. The molecule has 0 aliphatic heterocycles. The van der Waals surface area contributed by atoms with Crippen LogP contribution in [0.4, 0.5) is 0 Å². The summed E-state index contributed by atoms with van der Waals surface area (Å²) in [5, 5.41) is 58.7. The van der Waals surface area contributed by atoms with Gasteiger partial charge in [0.15, 0.2) is 23.2 Å². The monoisotopic (exact) mass is 512 g/mol.